The zero-order valence-corrected chi connectivity index (χ0v) is 11.4. The Hall–Kier alpha value is -1.79. The first-order valence-electron chi connectivity index (χ1n) is 5.81. The maximum absolute atomic E-state index is 11.3. The molecule has 0 spiro atoms. The van der Waals surface area contributed by atoms with Crippen molar-refractivity contribution in [2.45, 2.75) is 18.0 Å². The highest BCUT2D eigenvalue weighted by Crippen LogP contribution is 2.10. The lowest BCUT2D eigenvalue weighted by atomic mass is 10.2. The molecule has 0 bridgehead atoms. The molecule has 6 heteroatoms. The van der Waals surface area contributed by atoms with Crippen molar-refractivity contribution in [3.05, 3.63) is 54.1 Å². The van der Waals surface area contributed by atoms with E-state index in [0.717, 1.165) is 11.4 Å². The third kappa shape index (κ3) is 4.11. The highest BCUT2D eigenvalue weighted by molar-refractivity contribution is 7.90. The van der Waals surface area contributed by atoms with E-state index in [9.17, 15) is 8.42 Å². The van der Waals surface area contributed by atoms with Crippen LogP contribution < -0.4 is 5.32 Å². The predicted octanol–water partition coefficient (Wildman–Crippen LogP) is 1.17. The summed E-state index contributed by atoms with van der Waals surface area (Å²) in [7, 11) is -3.12. The number of sulfone groups is 1. The van der Waals surface area contributed by atoms with E-state index < -0.39 is 9.84 Å². The highest BCUT2D eigenvalue weighted by atomic mass is 32.2. The molecule has 5 nitrogen and oxygen atoms in total. The van der Waals surface area contributed by atoms with Crippen LogP contribution in [-0.2, 0) is 22.9 Å². The molecule has 1 aromatic carbocycles. The van der Waals surface area contributed by atoms with E-state index in [1.54, 1.807) is 42.7 Å². The van der Waals surface area contributed by atoms with Crippen LogP contribution in [0.3, 0.4) is 0 Å². The van der Waals surface area contributed by atoms with Crippen LogP contribution >= 0.6 is 0 Å². The molecule has 0 aliphatic heterocycles. The van der Waals surface area contributed by atoms with Gasteiger partial charge in [0.05, 0.1) is 11.4 Å². The van der Waals surface area contributed by atoms with Crippen molar-refractivity contribution in [1.29, 1.82) is 0 Å². The van der Waals surface area contributed by atoms with Gasteiger partial charge in [-0.15, -0.1) is 0 Å². The Morgan fingerprint density at radius 1 is 1.05 bits per heavy atom. The summed E-state index contributed by atoms with van der Waals surface area (Å²) in [5, 5.41) is 3.20. The number of nitrogens with one attached hydrogen (secondary N) is 1. The number of rotatable bonds is 5. The molecule has 0 saturated carbocycles. The second-order valence-corrected chi connectivity index (χ2v) is 6.20. The molecule has 0 fully saturated rings. The van der Waals surface area contributed by atoms with Crippen LogP contribution in [0.1, 0.15) is 11.4 Å². The fraction of sp³-hybridized carbons (Fsp3) is 0.231. The molecule has 0 atom stereocenters. The molecule has 0 radical (unpaired) electrons. The topological polar surface area (TPSA) is 72.0 Å². The van der Waals surface area contributed by atoms with Gasteiger partial charge in [0.15, 0.2) is 9.84 Å². The Morgan fingerprint density at radius 3 is 2.26 bits per heavy atom. The molecule has 0 saturated heterocycles. The van der Waals surface area contributed by atoms with Gasteiger partial charge < -0.3 is 5.32 Å². The van der Waals surface area contributed by atoms with Crippen molar-refractivity contribution in [2.75, 3.05) is 6.26 Å². The van der Waals surface area contributed by atoms with E-state index in [1.165, 1.54) is 6.26 Å². The van der Waals surface area contributed by atoms with Crippen LogP contribution in [-0.4, -0.2) is 24.6 Å². The minimum atomic E-state index is -3.12. The van der Waals surface area contributed by atoms with E-state index >= 15 is 0 Å². The molecule has 19 heavy (non-hydrogen) atoms. The number of benzene rings is 1. The van der Waals surface area contributed by atoms with Crippen molar-refractivity contribution in [3.63, 3.8) is 0 Å². The minimum absolute atomic E-state index is 0.336. The molecule has 2 aromatic rings. The van der Waals surface area contributed by atoms with Gasteiger partial charge in [0.1, 0.15) is 5.82 Å². The van der Waals surface area contributed by atoms with Crippen molar-refractivity contribution in [2.24, 2.45) is 0 Å². The Balaban J connectivity index is 1.90. The standard InChI is InChI=1S/C13H15N3O2S/c1-19(17,18)12-5-3-11(4-6-12)9-14-10-13-15-7-2-8-16-13/h2-8,14H,9-10H2,1H3. The number of nitrogens with zero attached hydrogens (tertiary/aromatic N) is 2. The quantitative estimate of drug-likeness (QED) is 0.888. The molecule has 0 aliphatic carbocycles. The lowest BCUT2D eigenvalue weighted by Gasteiger charge is -2.05. The summed E-state index contributed by atoms with van der Waals surface area (Å²) < 4.78 is 22.6. The van der Waals surface area contributed by atoms with Crippen LogP contribution in [0.15, 0.2) is 47.6 Å². The van der Waals surface area contributed by atoms with E-state index in [-0.39, 0.29) is 0 Å². The maximum atomic E-state index is 11.3. The monoisotopic (exact) mass is 277 g/mol. The molecule has 1 aromatic heterocycles. The summed E-state index contributed by atoms with van der Waals surface area (Å²) in [6, 6.07) is 8.61. The van der Waals surface area contributed by atoms with Crippen molar-refractivity contribution in [3.8, 4) is 0 Å². The molecule has 2 rings (SSSR count). The van der Waals surface area contributed by atoms with E-state index in [2.05, 4.69) is 15.3 Å². The summed E-state index contributed by atoms with van der Waals surface area (Å²) in [6.45, 7) is 1.22. The van der Waals surface area contributed by atoms with Gasteiger partial charge >= 0.3 is 0 Å². The average Bonchev–Trinajstić information content (AvgIpc) is 2.39. The van der Waals surface area contributed by atoms with Crippen LogP contribution in [0.2, 0.25) is 0 Å². The fourth-order valence-electron chi connectivity index (χ4n) is 1.59. The normalized spacial score (nSPS) is 11.4. The summed E-state index contributed by atoms with van der Waals surface area (Å²) >= 11 is 0. The predicted molar refractivity (Wildman–Crippen MR) is 72.1 cm³/mol. The SMILES string of the molecule is CS(=O)(=O)c1ccc(CNCc2ncccn2)cc1. The van der Waals surface area contributed by atoms with Crippen molar-refractivity contribution < 1.29 is 8.42 Å². The van der Waals surface area contributed by atoms with Gasteiger partial charge in [-0.1, -0.05) is 12.1 Å². The first kappa shape index (κ1) is 13.6. The minimum Gasteiger partial charge on any atom is -0.306 e. The highest BCUT2D eigenvalue weighted by Gasteiger charge is 2.05. The van der Waals surface area contributed by atoms with Crippen LogP contribution in [0, 0.1) is 0 Å². The zero-order valence-electron chi connectivity index (χ0n) is 10.6. The van der Waals surface area contributed by atoms with Gasteiger partial charge in [0.25, 0.3) is 0 Å². The molecule has 0 unspecified atom stereocenters. The largest absolute Gasteiger partial charge is 0.306 e. The van der Waals surface area contributed by atoms with Gasteiger partial charge in [-0.3, -0.25) is 0 Å². The molecular weight excluding hydrogens is 262 g/mol. The number of aromatic nitrogens is 2. The van der Waals surface area contributed by atoms with E-state index in [0.29, 0.717) is 18.0 Å². The third-order valence-corrected chi connectivity index (χ3v) is 3.71. The van der Waals surface area contributed by atoms with Crippen molar-refractivity contribution >= 4 is 9.84 Å². The molecule has 0 amide bonds. The van der Waals surface area contributed by atoms with Crippen LogP contribution in [0.4, 0.5) is 0 Å². The molecule has 100 valence electrons. The van der Waals surface area contributed by atoms with E-state index in [4.69, 9.17) is 0 Å². The lowest BCUT2D eigenvalue weighted by Crippen LogP contribution is -2.14. The van der Waals surface area contributed by atoms with Gasteiger partial charge in [0.2, 0.25) is 0 Å². The zero-order chi connectivity index (χ0) is 13.7. The summed E-state index contributed by atoms with van der Waals surface area (Å²) in [5.74, 6) is 0.732. The Morgan fingerprint density at radius 2 is 1.68 bits per heavy atom. The van der Waals surface area contributed by atoms with E-state index in [1.807, 2.05) is 0 Å². The number of hydrogen-bond acceptors (Lipinski definition) is 5. The first-order valence-corrected chi connectivity index (χ1v) is 7.70. The fourth-order valence-corrected chi connectivity index (χ4v) is 2.22. The van der Waals surface area contributed by atoms with Gasteiger partial charge in [-0.05, 0) is 23.8 Å². The molecule has 1 N–H and O–H groups in total. The Bertz CT molecular complexity index is 625. The summed E-state index contributed by atoms with van der Waals surface area (Å²) in [5.41, 5.74) is 1.02. The number of hydrogen-bond donors (Lipinski definition) is 1. The van der Waals surface area contributed by atoms with Crippen molar-refractivity contribution in [1.82, 2.24) is 15.3 Å². The second-order valence-electron chi connectivity index (χ2n) is 4.18. The van der Waals surface area contributed by atoms with Gasteiger partial charge in [-0.2, -0.15) is 0 Å². The van der Waals surface area contributed by atoms with Crippen LogP contribution in [0.25, 0.3) is 0 Å². The van der Waals surface area contributed by atoms with Gasteiger partial charge in [0, 0.05) is 25.2 Å². The molecule has 1 heterocycles. The lowest BCUT2D eigenvalue weighted by molar-refractivity contribution is 0.601. The summed E-state index contributed by atoms with van der Waals surface area (Å²) in [6.07, 6.45) is 4.60. The smallest absolute Gasteiger partial charge is 0.175 e. The first-order chi connectivity index (χ1) is 9.05. The molecular formula is C13H15N3O2S. The van der Waals surface area contributed by atoms with Gasteiger partial charge in [-0.25, -0.2) is 18.4 Å². The average molecular weight is 277 g/mol. The Kier molecular flexibility index (Phi) is 4.24. The third-order valence-electron chi connectivity index (χ3n) is 2.58. The van der Waals surface area contributed by atoms with Crippen LogP contribution in [0.5, 0.6) is 0 Å². The maximum Gasteiger partial charge on any atom is 0.175 e. The Labute approximate surface area is 112 Å². The molecule has 0 aliphatic rings. The second kappa shape index (κ2) is 5.90. The summed E-state index contributed by atoms with van der Waals surface area (Å²) in [4.78, 5) is 8.54.